The lowest BCUT2D eigenvalue weighted by Gasteiger charge is -2.18. The lowest BCUT2D eigenvalue weighted by molar-refractivity contribution is 0.0782. The number of benzene rings is 1. The fraction of sp³-hybridized carbons (Fsp3) is 0.261. The van der Waals surface area contributed by atoms with Crippen molar-refractivity contribution in [3.05, 3.63) is 77.4 Å². The van der Waals surface area contributed by atoms with Crippen LogP contribution in [0.25, 0.3) is 10.4 Å². The van der Waals surface area contributed by atoms with Crippen LogP contribution in [-0.4, -0.2) is 31.0 Å². The number of aliphatic hydroxyl groups is 1. The van der Waals surface area contributed by atoms with E-state index in [1.165, 1.54) is 25.9 Å². The van der Waals surface area contributed by atoms with Gasteiger partial charge in [0, 0.05) is 30.4 Å². The van der Waals surface area contributed by atoms with Crippen molar-refractivity contribution < 1.29 is 23.4 Å². The van der Waals surface area contributed by atoms with Gasteiger partial charge in [-0.15, -0.1) is 11.3 Å². The van der Waals surface area contributed by atoms with E-state index in [1.807, 2.05) is 0 Å². The molecule has 7 nitrogen and oxygen atoms in total. The number of allylic oxidation sites excluding steroid dienone is 4. The monoisotopic (exact) mass is 493 g/mol. The van der Waals surface area contributed by atoms with Crippen LogP contribution in [0.15, 0.2) is 60.5 Å². The van der Waals surface area contributed by atoms with Crippen molar-refractivity contribution in [1.82, 2.24) is 0 Å². The number of amides is 1. The van der Waals surface area contributed by atoms with Crippen molar-refractivity contribution in [3.63, 3.8) is 0 Å². The highest BCUT2D eigenvalue weighted by Crippen LogP contribution is 2.43. The van der Waals surface area contributed by atoms with Gasteiger partial charge in [0.1, 0.15) is 16.6 Å². The quantitative estimate of drug-likeness (QED) is 0.279. The Bertz CT molecular complexity index is 1160. The summed E-state index contributed by atoms with van der Waals surface area (Å²) in [6.45, 7) is 8.49. The van der Waals surface area contributed by atoms with Crippen LogP contribution in [0.1, 0.15) is 29.8 Å². The number of thiophene rings is 1. The van der Waals surface area contributed by atoms with Gasteiger partial charge in [-0.2, -0.15) is 0 Å². The largest absolute Gasteiger partial charge is 0.386 e. The number of halogens is 1. The number of primary amides is 1. The highest BCUT2D eigenvalue weighted by atomic mass is 32.1. The molecule has 10 heteroatoms. The van der Waals surface area contributed by atoms with Gasteiger partial charge in [-0.25, -0.2) is 4.39 Å². The number of rotatable bonds is 10. The van der Waals surface area contributed by atoms with Gasteiger partial charge in [0.05, 0.1) is 11.2 Å². The minimum Gasteiger partial charge on any atom is -0.386 e. The van der Waals surface area contributed by atoms with Crippen LogP contribution in [0.5, 0.6) is 0 Å². The molecule has 1 heterocycles. The number of nitrogens with one attached hydrogen (secondary N) is 1. The molecule has 0 fully saturated rings. The van der Waals surface area contributed by atoms with Gasteiger partial charge in [0.25, 0.3) is 5.91 Å². The van der Waals surface area contributed by atoms with Crippen molar-refractivity contribution in [2.45, 2.75) is 19.4 Å². The van der Waals surface area contributed by atoms with Crippen LogP contribution in [0.4, 0.5) is 9.39 Å². The molecule has 0 saturated carbocycles. The molecule has 2 rings (SSSR count). The molecule has 1 aromatic heterocycles. The summed E-state index contributed by atoms with van der Waals surface area (Å²) in [5.74, 6) is -1.02. The minimum absolute atomic E-state index is 0.165. The fourth-order valence-corrected chi connectivity index (χ4v) is 4.92. The first kappa shape index (κ1) is 26.5. The molecule has 0 bridgehead atoms. The van der Waals surface area contributed by atoms with E-state index in [9.17, 15) is 18.9 Å². The molecule has 1 amide bonds. The molecule has 1 atom stereocenters. The predicted molar refractivity (Wildman–Crippen MR) is 133 cm³/mol. The van der Waals surface area contributed by atoms with Crippen LogP contribution in [0.2, 0.25) is 0 Å². The highest BCUT2D eigenvalue weighted by Gasteiger charge is 2.21. The maximum Gasteiger partial charge on any atom is 0.251 e. The Labute approximate surface area is 197 Å². The van der Waals surface area contributed by atoms with Crippen LogP contribution >= 0.6 is 18.7 Å². The third-order valence-electron chi connectivity index (χ3n) is 4.68. The Morgan fingerprint density at radius 1 is 1.36 bits per heavy atom. The SMILES string of the molecule is C=C(/C=C\C=C(/N)Nc1sc(-c2ccc(C(C)(C)O)cc2F)cc1C(N)=O)CP(C)(=O)OC. The molecule has 0 aliphatic rings. The first-order valence-electron chi connectivity index (χ1n) is 9.91. The van der Waals surface area contributed by atoms with Gasteiger partial charge < -0.3 is 26.4 Å². The van der Waals surface area contributed by atoms with Crippen molar-refractivity contribution in [3.8, 4) is 10.4 Å². The zero-order valence-electron chi connectivity index (χ0n) is 19.0. The number of carbonyl (C=O) groups excluding carboxylic acids is 1. The Balaban J connectivity index is 2.26. The highest BCUT2D eigenvalue weighted by molar-refractivity contribution is 7.58. The number of carbonyl (C=O) groups is 1. The Morgan fingerprint density at radius 2 is 2.03 bits per heavy atom. The smallest absolute Gasteiger partial charge is 0.251 e. The third kappa shape index (κ3) is 7.40. The second-order valence-corrected chi connectivity index (χ2v) is 11.9. The molecule has 0 aliphatic carbocycles. The van der Waals surface area contributed by atoms with Crippen molar-refractivity contribution in [1.29, 1.82) is 0 Å². The first-order valence-corrected chi connectivity index (χ1v) is 13.0. The van der Waals surface area contributed by atoms with Crippen LogP contribution < -0.4 is 16.8 Å². The fourth-order valence-electron chi connectivity index (χ4n) is 2.84. The summed E-state index contributed by atoms with van der Waals surface area (Å²) in [6.07, 6.45) is 5.02. The van der Waals surface area contributed by atoms with Crippen LogP contribution in [0.3, 0.4) is 0 Å². The van der Waals surface area contributed by atoms with E-state index < -0.39 is 24.7 Å². The standard InChI is InChI=1S/C23H29FN3O4PS/c1-14(13-32(5,30)31-4)7-6-8-20(25)27-22-17(21(26)28)12-19(33-22)16-10-9-15(11-18(16)24)23(2,3)29/h6-12,27,29H,1,13,25H2,2-5H3,(H2,26,28)/b7-6-,20-8+. The van der Waals surface area contributed by atoms with Crippen molar-refractivity contribution in [2.75, 3.05) is 25.3 Å². The van der Waals surface area contributed by atoms with E-state index in [1.54, 1.807) is 44.2 Å². The molecule has 6 N–H and O–H groups in total. The topological polar surface area (TPSA) is 128 Å². The zero-order valence-corrected chi connectivity index (χ0v) is 20.7. The molecule has 33 heavy (non-hydrogen) atoms. The van der Waals surface area contributed by atoms with Gasteiger partial charge in [0.2, 0.25) is 7.37 Å². The number of anilines is 1. The molecular weight excluding hydrogens is 464 g/mol. The van der Waals surface area contributed by atoms with E-state index in [-0.39, 0.29) is 23.1 Å². The average Bonchev–Trinajstić information content (AvgIpc) is 3.10. The molecule has 1 unspecified atom stereocenters. The number of hydrogen-bond donors (Lipinski definition) is 4. The van der Waals surface area contributed by atoms with E-state index in [2.05, 4.69) is 11.9 Å². The summed E-state index contributed by atoms with van der Waals surface area (Å²) in [5, 5.41) is 13.3. The summed E-state index contributed by atoms with van der Waals surface area (Å²) in [4.78, 5) is 12.4. The third-order valence-corrected chi connectivity index (χ3v) is 7.52. The summed E-state index contributed by atoms with van der Waals surface area (Å²) in [5.41, 5.74) is 11.8. The molecule has 1 aromatic carbocycles. The maximum absolute atomic E-state index is 14.7. The predicted octanol–water partition coefficient (Wildman–Crippen LogP) is 4.76. The molecule has 0 spiro atoms. The van der Waals surface area contributed by atoms with Gasteiger partial charge in [0.15, 0.2) is 0 Å². The van der Waals surface area contributed by atoms with Gasteiger partial charge in [-0.3, -0.25) is 9.36 Å². The Morgan fingerprint density at radius 3 is 2.58 bits per heavy atom. The summed E-state index contributed by atoms with van der Waals surface area (Å²) >= 11 is 1.12. The minimum atomic E-state index is -2.72. The summed E-state index contributed by atoms with van der Waals surface area (Å²) in [7, 11) is -1.33. The van der Waals surface area contributed by atoms with E-state index in [0.717, 1.165) is 11.3 Å². The number of hydrogen-bond acceptors (Lipinski definition) is 7. The second-order valence-electron chi connectivity index (χ2n) is 8.09. The summed E-state index contributed by atoms with van der Waals surface area (Å²) < 4.78 is 31.7. The molecule has 178 valence electrons. The lowest BCUT2D eigenvalue weighted by Crippen LogP contribution is -2.15. The van der Waals surface area contributed by atoms with Gasteiger partial charge >= 0.3 is 0 Å². The van der Waals surface area contributed by atoms with Crippen LogP contribution in [0, 0.1) is 5.82 Å². The normalized spacial score (nSPS) is 14.3. The first-order chi connectivity index (χ1) is 15.2. The molecule has 2 aromatic rings. The van der Waals surface area contributed by atoms with Crippen molar-refractivity contribution >= 4 is 29.6 Å². The molecule has 0 saturated heterocycles. The van der Waals surface area contributed by atoms with E-state index in [4.69, 9.17) is 16.0 Å². The van der Waals surface area contributed by atoms with E-state index >= 15 is 0 Å². The Hall–Kier alpha value is -2.71. The zero-order chi connectivity index (χ0) is 25.0. The van der Waals surface area contributed by atoms with E-state index in [0.29, 0.717) is 21.0 Å². The molecule has 0 aliphatic heterocycles. The van der Waals surface area contributed by atoms with Crippen LogP contribution in [-0.2, 0) is 14.7 Å². The lowest BCUT2D eigenvalue weighted by atomic mass is 9.96. The Kier molecular flexibility index (Phi) is 8.43. The van der Waals surface area contributed by atoms with Crippen molar-refractivity contribution in [2.24, 2.45) is 11.5 Å². The molecule has 0 radical (unpaired) electrons. The number of nitrogens with two attached hydrogens (primary N) is 2. The maximum atomic E-state index is 14.7. The van der Waals surface area contributed by atoms with Gasteiger partial charge in [-0.05, 0) is 43.2 Å². The molecular formula is C23H29FN3O4PS. The second kappa shape index (κ2) is 10.5. The van der Waals surface area contributed by atoms with Gasteiger partial charge in [-0.1, -0.05) is 30.9 Å². The average molecular weight is 494 g/mol. The summed E-state index contributed by atoms with van der Waals surface area (Å²) in [6, 6.07) is 5.92.